The van der Waals surface area contributed by atoms with Gasteiger partial charge in [0, 0.05) is 60.8 Å². The quantitative estimate of drug-likeness (QED) is 0.0372. The molecule has 0 aromatic heterocycles. The number of hydrogen-bond donors (Lipinski definition) is 5. The fraction of sp³-hybridized carbons (Fsp3) is 0.431. The molecule has 0 heterocycles. The standard InChI is InChI=1S/C58H76N8O14/c1-42(67)59-51(30-18-34-63(43(2)68)77-38-47-22-10-6-11-23-47)55(72)60-52(31-19-35-64(44(3)69)78-39-48-24-12-7-13-25-48)56(73)61-53(32-20-36-65(45(4)70)79-40-49-26-14-8-15-27-49)57(74)62-54(58(75)76)33-21-37-66(46(5)71)80-41-50-28-16-9-17-29-50/h6-17,22-29,51-54H,18-21,30-41H2,1-5H3,(H,59,67)(H,60,72)(H,61,73)(H,62,74)(H,75,76)/t51-,52-,53-,54-/m0/s1. The van der Waals surface area contributed by atoms with Gasteiger partial charge in [-0.1, -0.05) is 121 Å². The van der Waals surface area contributed by atoms with Gasteiger partial charge in [-0.2, -0.15) is 0 Å². The number of hydrogen-bond acceptors (Lipinski definition) is 13. The van der Waals surface area contributed by atoms with Gasteiger partial charge in [0.25, 0.3) is 0 Å². The summed E-state index contributed by atoms with van der Waals surface area (Å²) in [5, 5.41) is 25.4. The first-order valence-electron chi connectivity index (χ1n) is 26.6. The predicted molar refractivity (Wildman–Crippen MR) is 292 cm³/mol. The van der Waals surface area contributed by atoms with Crippen LogP contribution in [0.25, 0.3) is 0 Å². The van der Waals surface area contributed by atoms with Crippen molar-refractivity contribution in [1.82, 2.24) is 41.5 Å². The van der Waals surface area contributed by atoms with Crippen LogP contribution in [0.1, 0.15) is 108 Å². The molecule has 0 saturated heterocycles. The fourth-order valence-electron chi connectivity index (χ4n) is 8.04. The smallest absolute Gasteiger partial charge is 0.326 e. The largest absolute Gasteiger partial charge is 0.480 e. The van der Waals surface area contributed by atoms with E-state index in [0.29, 0.717) is 0 Å². The van der Waals surface area contributed by atoms with Crippen molar-refractivity contribution >= 4 is 53.2 Å². The molecule has 0 aliphatic carbocycles. The van der Waals surface area contributed by atoms with Gasteiger partial charge in [-0.25, -0.2) is 25.0 Å². The molecule has 0 radical (unpaired) electrons. The van der Waals surface area contributed by atoms with Crippen LogP contribution in [0.3, 0.4) is 0 Å². The molecule has 4 aromatic carbocycles. The minimum absolute atomic E-state index is 0.00635. The summed E-state index contributed by atoms with van der Waals surface area (Å²) in [6.07, 6.45) is -0.0816. The summed E-state index contributed by atoms with van der Waals surface area (Å²) in [5.74, 6) is -6.21. The maximum Gasteiger partial charge on any atom is 0.326 e. The lowest BCUT2D eigenvalue weighted by Gasteiger charge is -2.28. The van der Waals surface area contributed by atoms with Crippen LogP contribution in [-0.4, -0.2) is 129 Å². The first-order valence-corrected chi connectivity index (χ1v) is 26.6. The monoisotopic (exact) mass is 1110 g/mol. The average Bonchev–Trinajstić information content (AvgIpc) is 3.43. The normalized spacial score (nSPS) is 12.4. The van der Waals surface area contributed by atoms with Crippen LogP contribution in [0, 0.1) is 0 Å². The molecule has 0 spiro atoms. The Morgan fingerprint density at radius 3 is 0.812 bits per heavy atom. The topological polar surface area (TPSA) is 272 Å². The van der Waals surface area contributed by atoms with E-state index < -0.39 is 77.4 Å². The number of carbonyl (C=O) groups excluding carboxylic acids is 8. The number of nitrogens with one attached hydrogen (secondary N) is 4. The first-order chi connectivity index (χ1) is 38.4. The van der Waals surface area contributed by atoms with Crippen molar-refractivity contribution < 1.29 is 67.6 Å². The molecule has 0 bridgehead atoms. The Morgan fingerprint density at radius 1 is 0.362 bits per heavy atom. The van der Waals surface area contributed by atoms with Gasteiger partial charge in [-0.05, 0) is 73.6 Å². The molecular weight excluding hydrogens is 1030 g/mol. The molecule has 80 heavy (non-hydrogen) atoms. The van der Waals surface area contributed by atoms with Gasteiger partial charge in [-0.15, -0.1) is 0 Å². The number of carboxylic acid groups (broad SMARTS) is 1. The zero-order valence-electron chi connectivity index (χ0n) is 46.2. The van der Waals surface area contributed by atoms with Crippen LogP contribution >= 0.6 is 0 Å². The molecule has 0 saturated carbocycles. The third-order valence-electron chi connectivity index (χ3n) is 12.3. The maximum absolute atomic E-state index is 14.7. The molecule has 8 amide bonds. The highest BCUT2D eigenvalue weighted by atomic mass is 16.7. The predicted octanol–water partition coefficient (Wildman–Crippen LogP) is 5.07. The van der Waals surface area contributed by atoms with Gasteiger partial charge in [0.05, 0.1) is 0 Å². The van der Waals surface area contributed by atoms with Gasteiger partial charge in [-0.3, -0.25) is 57.7 Å². The maximum atomic E-state index is 14.7. The Bertz CT molecular complexity index is 2580. The van der Waals surface area contributed by atoms with Gasteiger partial charge in [0.1, 0.15) is 50.6 Å². The number of nitrogens with zero attached hydrogens (tertiary/aromatic N) is 4. The van der Waals surface area contributed by atoms with Crippen LogP contribution in [0.5, 0.6) is 0 Å². The van der Waals surface area contributed by atoms with Gasteiger partial charge < -0.3 is 26.4 Å². The van der Waals surface area contributed by atoms with Crippen molar-refractivity contribution in [2.75, 3.05) is 26.2 Å². The average molecular weight is 1110 g/mol. The molecule has 0 fully saturated rings. The minimum Gasteiger partial charge on any atom is -0.480 e. The summed E-state index contributed by atoms with van der Waals surface area (Å²) >= 11 is 0. The van der Waals surface area contributed by atoms with E-state index in [1.807, 2.05) is 121 Å². The Labute approximate surface area is 467 Å². The molecule has 22 nitrogen and oxygen atoms in total. The Balaban J connectivity index is 1.57. The molecule has 5 N–H and O–H groups in total. The molecule has 0 aliphatic rings. The highest BCUT2D eigenvalue weighted by Crippen LogP contribution is 2.14. The number of hydroxylamine groups is 8. The van der Waals surface area contributed by atoms with Crippen LogP contribution in [0.2, 0.25) is 0 Å². The number of amides is 8. The molecule has 0 aliphatic heterocycles. The van der Waals surface area contributed by atoms with E-state index in [-0.39, 0.29) is 104 Å². The van der Waals surface area contributed by atoms with Gasteiger partial charge >= 0.3 is 5.97 Å². The lowest BCUT2D eigenvalue weighted by atomic mass is 10.0. The number of benzene rings is 4. The van der Waals surface area contributed by atoms with Crippen LogP contribution < -0.4 is 21.3 Å². The Morgan fingerprint density at radius 2 is 0.588 bits per heavy atom. The van der Waals surface area contributed by atoms with Crippen LogP contribution in [0.4, 0.5) is 0 Å². The van der Waals surface area contributed by atoms with E-state index in [1.54, 1.807) is 0 Å². The van der Waals surface area contributed by atoms with Crippen molar-refractivity contribution in [1.29, 1.82) is 0 Å². The molecule has 4 rings (SSSR count). The zero-order valence-corrected chi connectivity index (χ0v) is 46.2. The third-order valence-corrected chi connectivity index (χ3v) is 12.3. The zero-order chi connectivity index (χ0) is 58.2. The van der Waals surface area contributed by atoms with Crippen molar-refractivity contribution in [2.24, 2.45) is 0 Å². The highest BCUT2D eigenvalue weighted by Gasteiger charge is 2.32. The van der Waals surface area contributed by atoms with E-state index in [2.05, 4.69) is 21.3 Å². The summed E-state index contributed by atoms with van der Waals surface area (Å²) in [4.78, 5) is 142. The van der Waals surface area contributed by atoms with Crippen molar-refractivity contribution in [3.63, 3.8) is 0 Å². The lowest BCUT2D eigenvalue weighted by molar-refractivity contribution is -0.190. The molecule has 4 atom stereocenters. The van der Waals surface area contributed by atoms with Crippen molar-refractivity contribution in [3.8, 4) is 0 Å². The molecular formula is C58H76N8O14. The van der Waals surface area contributed by atoms with Crippen LogP contribution in [-0.2, 0) is 88.9 Å². The summed E-state index contributed by atoms with van der Waals surface area (Å²) in [6.45, 7) is 6.69. The Kier molecular flexibility index (Phi) is 28.6. The third kappa shape index (κ3) is 24.7. The number of carboxylic acids is 1. The summed E-state index contributed by atoms with van der Waals surface area (Å²) in [5.41, 5.74) is 3.19. The molecule has 22 heteroatoms. The first kappa shape index (κ1) is 64.5. The second-order valence-electron chi connectivity index (χ2n) is 18.9. The van der Waals surface area contributed by atoms with E-state index in [0.717, 1.165) is 42.5 Å². The van der Waals surface area contributed by atoms with Gasteiger partial charge in [0.2, 0.25) is 47.3 Å². The van der Waals surface area contributed by atoms with E-state index in [4.69, 9.17) is 19.4 Å². The molecule has 0 unspecified atom stereocenters. The van der Waals surface area contributed by atoms with E-state index in [9.17, 15) is 48.3 Å². The van der Waals surface area contributed by atoms with Crippen molar-refractivity contribution in [3.05, 3.63) is 144 Å². The fourth-order valence-corrected chi connectivity index (χ4v) is 8.04. The van der Waals surface area contributed by atoms with Gasteiger partial charge in [0.15, 0.2) is 0 Å². The van der Waals surface area contributed by atoms with Crippen molar-refractivity contribution in [2.45, 2.75) is 137 Å². The molecule has 432 valence electrons. The Hall–Kier alpha value is -8.05. The summed E-state index contributed by atoms with van der Waals surface area (Å²) in [7, 11) is 0. The number of carbonyl (C=O) groups is 9. The number of aliphatic carboxylic acids is 1. The highest BCUT2D eigenvalue weighted by molar-refractivity contribution is 5.95. The summed E-state index contributed by atoms with van der Waals surface area (Å²) in [6, 6.07) is 30.9. The number of rotatable bonds is 36. The van der Waals surface area contributed by atoms with E-state index >= 15 is 0 Å². The minimum atomic E-state index is -1.50. The summed E-state index contributed by atoms with van der Waals surface area (Å²) < 4.78 is 0. The lowest BCUT2D eigenvalue weighted by Crippen LogP contribution is -2.58. The SMILES string of the molecule is CC(=O)N[C@@H](CCCN(OCc1ccccc1)C(C)=O)C(=O)N[C@@H](CCCN(OCc1ccccc1)C(C)=O)C(=O)N[C@@H](CCCN(OCc1ccccc1)C(C)=O)C(=O)N[C@@H](CCCN(OCc1ccccc1)C(C)=O)C(=O)O. The second-order valence-corrected chi connectivity index (χ2v) is 18.9. The molecule has 4 aromatic rings. The van der Waals surface area contributed by atoms with E-state index in [1.165, 1.54) is 34.6 Å². The van der Waals surface area contributed by atoms with Crippen LogP contribution in [0.15, 0.2) is 121 Å². The second kappa shape index (κ2) is 35.5.